The molecular weight excluding hydrogens is 142 g/mol. The van der Waals surface area contributed by atoms with Gasteiger partial charge in [0.05, 0.1) is 5.92 Å². The molecule has 1 unspecified atom stereocenters. The van der Waals surface area contributed by atoms with Gasteiger partial charge in [0.25, 0.3) is 0 Å². The van der Waals surface area contributed by atoms with E-state index < -0.39 is 0 Å². The molecule has 11 heavy (non-hydrogen) atoms. The number of fused-ring (bicyclic) bond motifs is 3. The fourth-order valence-electron chi connectivity index (χ4n) is 2.33. The second kappa shape index (κ2) is 2.47. The first-order chi connectivity index (χ1) is 5.27. The smallest absolute Gasteiger partial charge is 0.219 e. The lowest BCUT2D eigenvalue weighted by Crippen LogP contribution is -2.38. The van der Waals surface area contributed by atoms with Gasteiger partial charge in [0.15, 0.2) is 0 Å². The Balaban J connectivity index is 2.08. The third-order valence-corrected chi connectivity index (χ3v) is 3.03. The van der Waals surface area contributed by atoms with Gasteiger partial charge in [-0.1, -0.05) is 0 Å². The summed E-state index contributed by atoms with van der Waals surface area (Å²) in [5.41, 5.74) is 0. The number of hydrogen-bond acceptors (Lipinski definition) is 2. The van der Waals surface area contributed by atoms with Crippen molar-refractivity contribution in [3.63, 3.8) is 0 Å². The molecule has 3 saturated carbocycles. The Labute approximate surface area is 65.9 Å². The minimum absolute atomic E-state index is 0.0966. The minimum atomic E-state index is -0.275. The third kappa shape index (κ3) is 1.12. The van der Waals surface area contributed by atoms with Crippen molar-refractivity contribution in [2.24, 2.45) is 5.92 Å². The quantitative estimate of drug-likeness (QED) is 0.427. The fraction of sp³-hybridized carbons (Fsp3) is 0.875. The SMILES string of the molecule is O=[N+]([O-])C1CC2CC[C]1CC2. The first kappa shape index (κ1) is 7.07. The molecule has 3 aliphatic carbocycles. The van der Waals surface area contributed by atoms with Crippen LogP contribution < -0.4 is 0 Å². The summed E-state index contributed by atoms with van der Waals surface area (Å²) in [6, 6.07) is -0.275. The molecule has 3 rings (SSSR count). The summed E-state index contributed by atoms with van der Waals surface area (Å²) in [4.78, 5) is 10.4. The molecule has 61 valence electrons. The van der Waals surface area contributed by atoms with Crippen LogP contribution in [0.2, 0.25) is 0 Å². The molecule has 3 fully saturated rings. The lowest BCUT2D eigenvalue weighted by Gasteiger charge is -2.36. The molecule has 3 heteroatoms. The Kier molecular flexibility index (Phi) is 1.59. The number of nitrogens with zero attached hydrogens (tertiary/aromatic N) is 1. The zero-order valence-corrected chi connectivity index (χ0v) is 6.45. The van der Waals surface area contributed by atoms with E-state index in [1.54, 1.807) is 0 Å². The third-order valence-electron chi connectivity index (χ3n) is 3.03. The molecule has 1 atom stereocenters. The van der Waals surface area contributed by atoms with Crippen molar-refractivity contribution in [2.75, 3.05) is 0 Å². The van der Waals surface area contributed by atoms with Gasteiger partial charge in [0.2, 0.25) is 6.04 Å². The van der Waals surface area contributed by atoms with E-state index in [-0.39, 0.29) is 11.0 Å². The number of hydrogen-bond donors (Lipinski definition) is 0. The molecule has 0 saturated heterocycles. The van der Waals surface area contributed by atoms with Gasteiger partial charge in [-0.25, -0.2) is 0 Å². The van der Waals surface area contributed by atoms with E-state index in [0.29, 0.717) is 5.92 Å². The first-order valence-electron chi connectivity index (χ1n) is 4.25. The van der Waals surface area contributed by atoms with E-state index in [2.05, 4.69) is 0 Å². The monoisotopic (exact) mass is 154 g/mol. The van der Waals surface area contributed by atoms with Crippen LogP contribution in [0, 0.1) is 22.0 Å². The summed E-state index contributed by atoms with van der Waals surface area (Å²) < 4.78 is 0. The predicted molar refractivity (Wildman–Crippen MR) is 40.6 cm³/mol. The number of rotatable bonds is 1. The molecule has 0 heterocycles. The van der Waals surface area contributed by atoms with Crippen molar-refractivity contribution in [3.8, 4) is 0 Å². The average Bonchev–Trinajstić information content (AvgIpc) is 2.06. The van der Waals surface area contributed by atoms with E-state index in [1.165, 1.54) is 18.8 Å². The molecule has 0 aromatic rings. The van der Waals surface area contributed by atoms with Crippen LogP contribution in [-0.2, 0) is 0 Å². The van der Waals surface area contributed by atoms with Crippen LogP contribution in [0.25, 0.3) is 0 Å². The van der Waals surface area contributed by atoms with Gasteiger partial charge >= 0.3 is 0 Å². The van der Waals surface area contributed by atoms with Crippen molar-refractivity contribution < 1.29 is 4.92 Å². The van der Waals surface area contributed by atoms with Crippen LogP contribution in [0.3, 0.4) is 0 Å². The summed E-state index contributed by atoms with van der Waals surface area (Å²) in [5.74, 6) is 1.86. The van der Waals surface area contributed by atoms with Crippen LogP contribution in [0.1, 0.15) is 32.1 Å². The van der Waals surface area contributed by atoms with Gasteiger partial charge < -0.3 is 0 Å². The summed E-state index contributed by atoms with van der Waals surface area (Å²) >= 11 is 0. The molecule has 0 spiro atoms. The molecule has 1 radical (unpaired) electrons. The Morgan fingerprint density at radius 3 is 2.27 bits per heavy atom. The molecule has 3 aliphatic rings. The molecule has 0 aromatic heterocycles. The highest BCUT2D eigenvalue weighted by Crippen LogP contribution is 2.43. The topological polar surface area (TPSA) is 43.1 Å². The van der Waals surface area contributed by atoms with Crippen LogP contribution in [-0.4, -0.2) is 11.0 Å². The maximum Gasteiger partial charge on any atom is 0.219 e. The number of nitro groups is 1. The Hall–Kier alpha value is -0.600. The first-order valence-corrected chi connectivity index (χ1v) is 4.25. The average molecular weight is 154 g/mol. The van der Waals surface area contributed by atoms with Gasteiger partial charge in [-0.3, -0.25) is 10.1 Å². The van der Waals surface area contributed by atoms with Crippen molar-refractivity contribution in [1.82, 2.24) is 0 Å². The van der Waals surface area contributed by atoms with Crippen molar-refractivity contribution in [1.29, 1.82) is 0 Å². The minimum Gasteiger partial charge on any atom is -0.264 e. The zero-order valence-electron chi connectivity index (χ0n) is 6.45. The zero-order chi connectivity index (χ0) is 7.84. The maximum absolute atomic E-state index is 10.5. The molecule has 0 amide bonds. The van der Waals surface area contributed by atoms with E-state index in [0.717, 1.165) is 19.3 Å². The van der Waals surface area contributed by atoms with Crippen molar-refractivity contribution in [2.45, 2.75) is 38.1 Å². The van der Waals surface area contributed by atoms with Gasteiger partial charge in [0.1, 0.15) is 0 Å². The molecule has 3 nitrogen and oxygen atoms in total. The van der Waals surface area contributed by atoms with Crippen LogP contribution in [0.4, 0.5) is 0 Å². The van der Waals surface area contributed by atoms with E-state index >= 15 is 0 Å². The van der Waals surface area contributed by atoms with Gasteiger partial charge in [-0.15, -0.1) is 0 Å². The normalized spacial score (nSPS) is 37.5. The van der Waals surface area contributed by atoms with E-state index in [1.807, 2.05) is 0 Å². The van der Waals surface area contributed by atoms with Gasteiger partial charge in [-0.2, -0.15) is 0 Å². The highest BCUT2D eigenvalue weighted by molar-refractivity contribution is 5.06. The summed E-state index contributed by atoms with van der Waals surface area (Å²) in [6.45, 7) is 0. The van der Waals surface area contributed by atoms with Gasteiger partial charge in [-0.05, 0) is 31.6 Å². The van der Waals surface area contributed by atoms with Crippen LogP contribution in [0.5, 0.6) is 0 Å². The standard InChI is InChI=1S/C8H12NO2/c10-9(11)8-5-6-1-3-7(8)4-2-6/h6,8H,1-5H2. The summed E-state index contributed by atoms with van der Waals surface area (Å²) in [6.07, 6.45) is 5.29. The molecule has 0 aromatic carbocycles. The van der Waals surface area contributed by atoms with Crippen LogP contribution >= 0.6 is 0 Å². The second-order valence-electron chi connectivity index (χ2n) is 3.64. The lowest BCUT2D eigenvalue weighted by atomic mass is 9.68. The van der Waals surface area contributed by atoms with Crippen molar-refractivity contribution >= 4 is 0 Å². The van der Waals surface area contributed by atoms with E-state index in [9.17, 15) is 10.1 Å². The highest BCUT2D eigenvalue weighted by Gasteiger charge is 2.42. The molecule has 2 bridgehead atoms. The largest absolute Gasteiger partial charge is 0.264 e. The Morgan fingerprint density at radius 2 is 2.00 bits per heavy atom. The second-order valence-corrected chi connectivity index (χ2v) is 3.64. The van der Waals surface area contributed by atoms with Crippen LogP contribution in [0.15, 0.2) is 0 Å². The van der Waals surface area contributed by atoms with E-state index in [4.69, 9.17) is 0 Å². The van der Waals surface area contributed by atoms with Gasteiger partial charge in [0, 0.05) is 11.3 Å². The molecular formula is C8H12NO2. The van der Waals surface area contributed by atoms with Crippen molar-refractivity contribution in [3.05, 3.63) is 16.0 Å². The Morgan fingerprint density at radius 1 is 1.36 bits per heavy atom. The summed E-state index contributed by atoms with van der Waals surface area (Å²) in [5, 5.41) is 10.5. The highest BCUT2D eigenvalue weighted by atomic mass is 16.6. The molecule has 0 N–H and O–H groups in total. The summed E-state index contributed by atoms with van der Waals surface area (Å²) in [7, 11) is 0. The lowest BCUT2D eigenvalue weighted by molar-refractivity contribution is -0.524. The predicted octanol–water partition coefficient (Wildman–Crippen LogP) is 1.80. The maximum atomic E-state index is 10.5. The fourth-order valence-corrected chi connectivity index (χ4v) is 2.33. The molecule has 0 aliphatic heterocycles. The Bertz CT molecular complexity index is 173.